The molecule has 2 aliphatic carbocycles. The summed E-state index contributed by atoms with van der Waals surface area (Å²) in [5, 5.41) is 13.4. The molecular weight excluding hydrogens is 392 g/mol. The molecule has 1 amide bonds. The number of nitrogens with zero attached hydrogens (tertiary/aromatic N) is 3. The third-order valence-electron chi connectivity index (χ3n) is 5.82. The van der Waals surface area contributed by atoms with Gasteiger partial charge in [0.25, 0.3) is 0 Å². The molecule has 150 valence electrons. The summed E-state index contributed by atoms with van der Waals surface area (Å²) in [5.74, 6) is 0.903. The first-order chi connectivity index (χ1) is 13.6. The van der Waals surface area contributed by atoms with E-state index < -0.39 is 0 Å². The fourth-order valence-electron chi connectivity index (χ4n) is 4.28. The van der Waals surface area contributed by atoms with Crippen molar-refractivity contribution in [2.24, 2.45) is 0 Å². The average Bonchev–Trinajstić information content (AvgIpc) is 3.43. The Morgan fingerprint density at radius 3 is 2.54 bits per heavy atom. The van der Waals surface area contributed by atoms with E-state index in [1.165, 1.54) is 37.4 Å². The zero-order chi connectivity index (χ0) is 19.5. The van der Waals surface area contributed by atoms with E-state index >= 15 is 0 Å². The number of amides is 1. The molecule has 2 fully saturated rings. The van der Waals surface area contributed by atoms with E-state index in [-0.39, 0.29) is 11.2 Å². The van der Waals surface area contributed by atoms with Crippen LogP contribution in [0.1, 0.15) is 64.3 Å². The normalized spacial score (nSPS) is 19.2. The van der Waals surface area contributed by atoms with Crippen molar-refractivity contribution in [2.75, 3.05) is 0 Å². The first-order valence-electron chi connectivity index (χ1n) is 10.3. The van der Waals surface area contributed by atoms with E-state index in [0.717, 1.165) is 42.2 Å². The monoisotopic (exact) mass is 418 g/mol. The minimum atomic E-state index is -0.205. The number of carbonyl (C=O) groups is 1. The van der Waals surface area contributed by atoms with Gasteiger partial charge in [-0.25, -0.2) is 0 Å². The van der Waals surface area contributed by atoms with Crippen molar-refractivity contribution in [1.29, 1.82) is 0 Å². The minimum Gasteiger partial charge on any atom is -0.352 e. The molecule has 1 aromatic heterocycles. The molecule has 1 unspecified atom stereocenters. The van der Waals surface area contributed by atoms with E-state index in [4.69, 9.17) is 11.6 Å². The van der Waals surface area contributed by atoms with Crippen molar-refractivity contribution in [3.8, 4) is 11.4 Å². The van der Waals surface area contributed by atoms with Gasteiger partial charge in [0.15, 0.2) is 11.0 Å². The molecule has 1 heterocycles. The third kappa shape index (κ3) is 4.23. The van der Waals surface area contributed by atoms with Gasteiger partial charge in [-0.3, -0.25) is 9.36 Å². The summed E-state index contributed by atoms with van der Waals surface area (Å²) in [6.45, 7) is 1.96. The first-order valence-corrected chi connectivity index (χ1v) is 11.6. The van der Waals surface area contributed by atoms with E-state index in [2.05, 4.69) is 20.1 Å². The van der Waals surface area contributed by atoms with Crippen molar-refractivity contribution in [2.45, 2.75) is 80.8 Å². The van der Waals surface area contributed by atoms with Gasteiger partial charge in [0.1, 0.15) is 0 Å². The smallest absolute Gasteiger partial charge is 0.233 e. The highest BCUT2D eigenvalue weighted by Gasteiger charge is 2.28. The summed E-state index contributed by atoms with van der Waals surface area (Å²) in [6.07, 6.45) is 9.28. The van der Waals surface area contributed by atoms with Crippen molar-refractivity contribution >= 4 is 29.3 Å². The Kier molecular flexibility index (Phi) is 6.26. The maximum absolute atomic E-state index is 12.7. The molecule has 0 radical (unpaired) electrons. The van der Waals surface area contributed by atoms with Crippen molar-refractivity contribution in [1.82, 2.24) is 20.1 Å². The van der Waals surface area contributed by atoms with Gasteiger partial charge in [0.05, 0.1) is 10.3 Å². The van der Waals surface area contributed by atoms with Crippen LogP contribution in [0.2, 0.25) is 5.02 Å². The summed E-state index contributed by atoms with van der Waals surface area (Å²) >= 11 is 7.95. The predicted octanol–water partition coefficient (Wildman–Crippen LogP) is 5.25. The van der Waals surface area contributed by atoms with Crippen LogP contribution in [-0.2, 0) is 4.79 Å². The Morgan fingerprint density at radius 2 is 1.82 bits per heavy atom. The van der Waals surface area contributed by atoms with Crippen LogP contribution >= 0.6 is 23.4 Å². The second-order valence-electron chi connectivity index (χ2n) is 7.84. The highest BCUT2D eigenvalue weighted by atomic mass is 35.5. The minimum absolute atomic E-state index is 0.0946. The van der Waals surface area contributed by atoms with E-state index in [9.17, 15) is 4.79 Å². The summed E-state index contributed by atoms with van der Waals surface area (Å²) in [6, 6.07) is 8.47. The van der Waals surface area contributed by atoms with Gasteiger partial charge in [0.2, 0.25) is 5.91 Å². The van der Waals surface area contributed by atoms with Gasteiger partial charge in [-0.15, -0.1) is 10.2 Å². The number of rotatable bonds is 6. The number of hydrogen-bond donors (Lipinski definition) is 1. The highest BCUT2D eigenvalue weighted by Crippen LogP contribution is 2.39. The molecule has 0 saturated heterocycles. The van der Waals surface area contributed by atoms with E-state index in [1.807, 2.05) is 31.2 Å². The standard InChI is InChI=1S/C21H27ClN4OS/c1-14(20(27)23-15-8-2-3-9-15)28-21-25-24-19(17-12-6-7-13-18(17)22)26(21)16-10-4-5-11-16/h6-7,12-16H,2-5,8-11H2,1H3,(H,23,27). The van der Waals surface area contributed by atoms with Crippen LogP contribution < -0.4 is 5.32 Å². The second kappa shape index (κ2) is 8.87. The van der Waals surface area contributed by atoms with Gasteiger partial charge in [-0.2, -0.15) is 0 Å². The molecule has 4 rings (SSSR count). The zero-order valence-electron chi connectivity index (χ0n) is 16.2. The first kappa shape index (κ1) is 19.8. The quantitative estimate of drug-likeness (QED) is 0.650. The molecule has 2 aromatic rings. The molecule has 0 bridgehead atoms. The van der Waals surface area contributed by atoms with E-state index in [0.29, 0.717) is 17.1 Å². The zero-order valence-corrected chi connectivity index (χ0v) is 17.8. The van der Waals surface area contributed by atoms with Crippen LogP contribution in [0, 0.1) is 0 Å². The number of hydrogen-bond acceptors (Lipinski definition) is 4. The lowest BCUT2D eigenvalue weighted by Crippen LogP contribution is -2.37. The Bertz CT molecular complexity index is 828. The molecule has 5 nitrogen and oxygen atoms in total. The Labute approximate surface area is 175 Å². The lowest BCUT2D eigenvalue weighted by atomic mass is 10.2. The van der Waals surface area contributed by atoms with Crippen molar-refractivity contribution in [3.63, 3.8) is 0 Å². The van der Waals surface area contributed by atoms with Gasteiger partial charge in [-0.05, 0) is 44.7 Å². The van der Waals surface area contributed by atoms with Gasteiger partial charge < -0.3 is 5.32 Å². The maximum atomic E-state index is 12.7. The van der Waals surface area contributed by atoms with Crippen LogP contribution in [0.4, 0.5) is 0 Å². The second-order valence-corrected chi connectivity index (χ2v) is 9.56. The number of benzene rings is 1. The molecule has 2 saturated carbocycles. The summed E-state index contributed by atoms with van der Waals surface area (Å²) in [5.41, 5.74) is 0.901. The Hall–Kier alpha value is -1.53. The van der Waals surface area contributed by atoms with Gasteiger partial charge in [-0.1, -0.05) is 61.2 Å². The molecule has 7 heteroatoms. The number of thioether (sulfide) groups is 1. The topological polar surface area (TPSA) is 59.8 Å². The summed E-state index contributed by atoms with van der Waals surface area (Å²) in [7, 11) is 0. The predicted molar refractivity (Wildman–Crippen MR) is 114 cm³/mol. The van der Waals surface area contributed by atoms with Crippen molar-refractivity contribution in [3.05, 3.63) is 29.3 Å². The lowest BCUT2D eigenvalue weighted by Gasteiger charge is -2.20. The molecule has 1 atom stereocenters. The largest absolute Gasteiger partial charge is 0.352 e. The Morgan fingerprint density at radius 1 is 1.14 bits per heavy atom. The van der Waals surface area contributed by atoms with Crippen LogP contribution in [0.5, 0.6) is 0 Å². The molecular formula is C21H27ClN4OS. The Balaban J connectivity index is 1.58. The summed E-state index contributed by atoms with van der Waals surface area (Å²) < 4.78 is 2.22. The lowest BCUT2D eigenvalue weighted by molar-refractivity contribution is -0.120. The SMILES string of the molecule is CC(Sc1nnc(-c2ccccc2Cl)n1C1CCCC1)C(=O)NC1CCCC1. The molecule has 1 N–H and O–H groups in total. The number of carbonyl (C=O) groups excluding carboxylic acids is 1. The van der Waals surface area contributed by atoms with E-state index in [1.54, 1.807) is 0 Å². The highest BCUT2D eigenvalue weighted by molar-refractivity contribution is 8.00. The van der Waals surface area contributed by atoms with Gasteiger partial charge in [0, 0.05) is 17.6 Å². The van der Waals surface area contributed by atoms with Crippen LogP contribution in [0.15, 0.2) is 29.4 Å². The summed E-state index contributed by atoms with van der Waals surface area (Å²) in [4.78, 5) is 12.7. The van der Waals surface area contributed by atoms with Crippen LogP contribution in [-0.4, -0.2) is 32.0 Å². The molecule has 0 aliphatic heterocycles. The van der Waals surface area contributed by atoms with Gasteiger partial charge >= 0.3 is 0 Å². The van der Waals surface area contributed by atoms with Crippen LogP contribution in [0.25, 0.3) is 11.4 Å². The molecule has 2 aliphatic rings. The van der Waals surface area contributed by atoms with Crippen LogP contribution in [0.3, 0.4) is 0 Å². The maximum Gasteiger partial charge on any atom is 0.233 e. The average molecular weight is 419 g/mol. The van der Waals surface area contributed by atoms with Crippen molar-refractivity contribution < 1.29 is 4.79 Å². The fourth-order valence-corrected chi connectivity index (χ4v) is 5.42. The fraction of sp³-hybridized carbons (Fsp3) is 0.571. The molecule has 0 spiro atoms. The number of aromatic nitrogens is 3. The number of nitrogens with one attached hydrogen (secondary N) is 1. The molecule has 1 aromatic carbocycles. The third-order valence-corrected chi connectivity index (χ3v) is 7.21. The molecule has 28 heavy (non-hydrogen) atoms. The number of halogens is 1.